The molecule has 0 bridgehead atoms. The molecule has 0 fully saturated rings. The number of aromatic nitrogens is 2. The van der Waals surface area contributed by atoms with E-state index in [4.69, 9.17) is 14.7 Å². The monoisotopic (exact) mass is 999 g/mol. The first-order chi connectivity index (χ1) is 31.7. The van der Waals surface area contributed by atoms with E-state index >= 15 is 0 Å². The van der Waals surface area contributed by atoms with Gasteiger partial charge in [0.25, 0.3) is 30.4 Å². The molecule has 0 radical (unpaired) electrons. The van der Waals surface area contributed by atoms with Crippen LogP contribution in [0.4, 0.5) is 34.1 Å². The number of fused-ring (bicyclic) bond motifs is 3. The fourth-order valence-electron chi connectivity index (χ4n) is 6.21. The van der Waals surface area contributed by atoms with Gasteiger partial charge in [-0.05, 0) is 87.2 Å². The molecule has 4 aromatic carbocycles. The fourth-order valence-corrected chi connectivity index (χ4v) is 8.18. The quantitative estimate of drug-likeness (QED) is 0.0119. The number of nitrogens with zero attached hydrogens (tertiary/aromatic N) is 9. The molecule has 0 aliphatic rings. The second kappa shape index (κ2) is 21.0. The number of aromatic hydroxyl groups is 1. The Morgan fingerprint density at radius 2 is 1.25 bits per heavy atom. The average molecular weight is 1000 g/mol. The van der Waals surface area contributed by atoms with E-state index in [1.165, 1.54) is 40.8 Å². The summed E-state index contributed by atoms with van der Waals surface area (Å²) in [5, 5.41) is 59.2. The molecule has 2 aromatic heterocycles. The van der Waals surface area contributed by atoms with Crippen LogP contribution in [0.1, 0.15) is 35.1 Å². The van der Waals surface area contributed by atoms with E-state index in [-0.39, 0.29) is 99.2 Å². The number of pyridine rings is 1. The third kappa shape index (κ3) is 12.7. The minimum atomic E-state index is -4.80. The summed E-state index contributed by atoms with van der Waals surface area (Å²) in [5.74, 6) is -1.61. The van der Waals surface area contributed by atoms with Crippen LogP contribution in [0.2, 0.25) is 0 Å². The summed E-state index contributed by atoms with van der Waals surface area (Å²) in [6.07, 6.45) is -0.289. The summed E-state index contributed by atoms with van der Waals surface area (Å²) >= 11 is 0.488. The molecule has 0 atom stereocenters. The van der Waals surface area contributed by atoms with Crippen LogP contribution in [-0.2, 0) is 39.7 Å². The van der Waals surface area contributed by atoms with Crippen molar-refractivity contribution in [2.75, 3.05) is 24.7 Å². The molecule has 0 aliphatic carbocycles. The number of imidazole rings is 1. The molecule has 0 aliphatic heterocycles. The van der Waals surface area contributed by atoms with Crippen molar-refractivity contribution in [1.82, 2.24) is 9.38 Å². The Morgan fingerprint density at radius 1 is 0.716 bits per heavy atom. The molecule has 0 amide bonds. The van der Waals surface area contributed by atoms with Gasteiger partial charge in [-0.15, -0.1) is 24.8 Å². The number of hydrogen-bond acceptors (Lipinski definition) is 21. The van der Waals surface area contributed by atoms with Gasteiger partial charge >= 0.3 is 0 Å². The summed E-state index contributed by atoms with van der Waals surface area (Å²) in [6.45, 7) is 4.33. The smallest absolute Gasteiger partial charge is 0.296 e. The van der Waals surface area contributed by atoms with Gasteiger partial charge in [-0.1, -0.05) is 17.2 Å². The highest BCUT2D eigenvalue weighted by atomic mass is 32.2. The Labute approximate surface area is 385 Å². The second-order valence-corrected chi connectivity index (χ2v) is 19.5. The van der Waals surface area contributed by atoms with Crippen LogP contribution in [0.3, 0.4) is 0 Å². The van der Waals surface area contributed by atoms with E-state index in [1.54, 1.807) is 45.0 Å². The van der Waals surface area contributed by atoms with Crippen LogP contribution >= 0.6 is 12.0 Å². The molecule has 5 N–H and O–H groups in total. The normalized spacial score (nSPS) is 12.6. The molecule has 6 rings (SSSR count). The molecular formula is C39H37N9O15S4. The van der Waals surface area contributed by atoms with Crippen molar-refractivity contribution in [3.8, 4) is 23.4 Å². The summed E-state index contributed by atoms with van der Waals surface area (Å²) in [4.78, 5) is 4.07. The Bertz CT molecular complexity index is 3360. The Morgan fingerprint density at radius 3 is 1.79 bits per heavy atom. The third-order valence-corrected chi connectivity index (χ3v) is 12.5. The predicted molar refractivity (Wildman–Crippen MR) is 239 cm³/mol. The van der Waals surface area contributed by atoms with E-state index in [2.05, 4.69) is 51.1 Å². The maximum absolute atomic E-state index is 12.1. The zero-order valence-electron chi connectivity index (χ0n) is 35.1. The van der Waals surface area contributed by atoms with Gasteiger partial charge in [0.15, 0.2) is 11.3 Å². The first-order valence-corrected chi connectivity index (χ1v) is 24.6. The lowest BCUT2D eigenvalue weighted by molar-refractivity contribution is -0.432. The summed E-state index contributed by atoms with van der Waals surface area (Å²) < 4.78 is 116. The van der Waals surface area contributed by atoms with Crippen LogP contribution in [0.5, 0.6) is 17.4 Å². The van der Waals surface area contributed by atoms with E-state index in [1.807, 2.05) is 0 Å². The molecule has 0 spiro atoms. The molecule has 352 valence electrons. The number of ether oxygens (including phenoxy) is 2. The Kier molecular flexibility index (Phi) is 15.6. The molecule has 0 unspecified atom stereocenters. The van der Waals surface area contributed by atoms with Crippen molar-refractivity contribution in [1.29, 1.82) is 5.26 Å². The van der Waals surface area contributed by atoms with Crippen molar-refractivity contribution in [3.05, 3.63) is 89.0 Å². The molecule has 24 nitrogen and oxygen atoms in total. The van der Waals surface area contributed by atoms with Gasteiger partial charge in [-0.3, -0.25) is 18.1 Å². The molecule has 67 heavy (non-hydrogen) atoms. The highest BCUT2D eigenvalue weighted by Crippen LogP contribution is 2.43. The van der Waals surface area contributed by atoms with Crippen molar-refractivity contribution in [2.45, 2.75) is 43.4 Å². The summed E-state index contributed by atoms with van der Waals surface area (Å²) in [5.41, 5.74) is 2.53. The number of benzene rings is 4. The first-order valence-electron chi connectivity index (χ1n) is 19.2. The zero-order chi connectivity index (χ0) is 48.7. The largest absolute Gasteiger partial charge is 0.493 e. The fraction of sp³-hybridized carbons (Fsp3) is 0.231. The topological polar surface area (TPSA) is 356 Å². The van der Waals surface area contributed by atoms with Crippen LogP contribution < -0.4 is 9.47 Å². The van der Waals surface area contributed by atoms with E-state index in [0.717, 1.165) is 6.07 Å². The molecule has 2 heterocycles. The van der Waals surface area contributed by atoms with Gasteiger partial charge in [0.1, 0.15) is 45.1 Å². The van der Waals surface area contributed by atoms with Crippen molar-refractivity contribution >= 4 is 93.2 Å². The van der Waals surface area contributed by atoms with Crippen molar-refractivity contribution in [2.24, 2.45) is 30.7 Å². The van der Waals surface area contributed by atoms with Crippen molar-refractivity contribution in [3.63, 3.8) is 0 Å². The van der Waals surface area contributed by atoms with Gasteiger partial charge in [0.05, 0.1) is 59.2 Å². The maximum atomic E-state index is 12.1. The van der Waals surface area contributed by atoms with Gasteiger partial charge in [-0.2, -0.15) is 40.7 Å². The minimum absolute atomic E-state index is 0.0150. The average Bonchev–Trinajstić information content (AvgIpc) is 3.64. The predicted octanol–water partition coefficient (Wildman–Crippen LogP) is 9.22. The SMILES string of the molecule is Cc1cc(N=Nc2c(C)c(C#N)c3nc4ccccc4n3c2O)c(OCCCS(=O)(=O)O)cc1N=Nc1cc(C)c(N=Nc2cc(SOOO)ccc2S(=O)(=O)O)cc1OCCCS(=O)(=O)O. The second-order valence-electron chi connectivity index (χ2n) is 14.2. The highest BCUT2D eigenvalue weighted by molar-refractivity contribution is 7.94. The number of nitriles is 1. The molecule has 0 saturated heterocycles. The zero-order valence-corrected chi connectivity index (χ0v) is 38.3. The number of hydrogen-bond donors (Lipinski definition) is 5. The number of aryl methyl sites for hydroxylation is 2. The number of rotatable bonds is 20. The van der Waals surface area contributed by atoms with Gasteiger partial charge in [-0.25, -0.2) is 10.2 Å². The van der Waals surface area contributed by atoms with Crippen LogP contribution in [0, 0.1) is 32.1 Å². The van der Waals surface area contributed by atoms with Gasteiger partial charge in [0.2, 0.25) is 5.88 Å². The maximum Gasteiger partial charge on any atom is 0.296 e. The lowest BCUT2D eigenvalue weighted by atomic mass is 10.1. The molecule has 6 aromatic rings. The van der Waals surface area contributed by atoms with Gasteiger partial charge in [0, 0.05) is 22.6 Å². The minimum Gasteiger partial charge on any atom is -0.493 e. The van der Waals surface area contributed by atoms with Crippen molar-refractivity contribution < 1.29 is 68.1 Å². The van der Waals surface area contributed by atoms with Crippen LogP contribution in [-0.4, -0.2) is 83.4 Å². The summed E-state index contributed by atoms with van der Waals surface area (Å²) in [6, 6.07) is 18.2. The van der Waals surface area contributed by atoms with Gasteiger partial charge < -0.3 is 14.6 Å². The van der Waals surface area contributed by atoms with E-state index in [9.17, 15) is 49.3 Å². The molecular weight excluding hydrogens is 963 g/mol. The molecule has 0 saturated carbocycles. The Hall–Kier alpha value is -6.52. The number of azo groups is 3. The lowest BCUT2D eigenvalue weighted by Gasteiger charge is -2.12. The van der Waals surface area contributed by atoms with Crippen LogP contribution in [0.25, 0.3) is 16.7 Å². The highest BCUT2D eigenvalue weighted by Gasteiger charge is 2.22. The standard InChI is InChI=1S/C39H37N9O15S4/c1-22-16-30(34(60-12-6-14-65(51,52)53)20-29(22)43-46-32-18-25(64-63-62-50)10-11-36(32)67(57,58)59)44-42-28-19-35(61-13-7-15-66(54,55)56)31(17-23(28)2)45-47-37-24(3)26(21-40)38-41-27-8-4-5-9-33(27)48(38)39(37)49/h4-5,8-11,16-20,49-50H,6-7,12-15H2,1-3H3,(H,51,52,53)(H,54,55,56)(H,57,58,59). The molecule has 28 heteroatoms. The summed E-state index contributed by atoms with van der Waals surface area (Å²) in [7, 11) is -13.5. The number of para-hydroxylation sites is 2. The van der Waals surface area contributed by atoms with E-state index < -0.39 is 46.8 Å². The van der Waals surface area contributed by atoms with E-state index in [0.29, 0.717) is 34.2 Å². The Balaban J connectivity index is 1.39. The van der Waals surface area contributed by atoms with Crippen LogP contribution in [0.15, 0.2) is 107 Å². The first kappa shape index (κ1) is 49.9. The lowest BCUT2D eigenvalue weighted by Crippen LogP contribution is -2.08. The third-order valence-electron chi connectivity index (χ3n) is 9.37.